The van der Waals surface area contributed by atoms with E-state index in [1.807, 2.05) is 0 Å². The number of hydrogen-bond donors (Lipinski definition) is 2. The van der Waals surface area contributed by atoms with Gasteiger partial charge in [-0.15, -0.1) is 0 Å². The van der Waals surface area contributed by atoms with Crippen molar-refractivity contribution in [2.75, 3.05) is 0 Å². The molecule has 0 bridgehead atoms. The van der Waals surface area contributed by atoms with Gasteiger partial charge < -0.3 is 5.11 Å². The average molecular weight is 423 g/mol. The van der Waals surface area contributed by atoms with Crippen LogP contribution in [0.4, 0.5) is 4.39 Å². The van der Waals surface area contributed by atoms with Crippen LogP contribution < -0.4 is 0 Å². The molecule has 0 aromatic heterocycles. The predicted molar refractivity (Wildman–Crippen MR) is 103 cm³/mol. The highest BCUT2D eigenvalue weighted by Gasteiger charge is 2.56. The Bertz CT molecular complexity index is 1190. The third-order valence-electron chi connectivity index (χ3n) is 6.84. The smallest absolute Gasteiger partial charge is 0.257 e. The molecule has 4 aliphatic rings. The second-order valence-electron chi connectivity index (χ2n) is 8.43. The predicted octanol–water partition coefficient (Wildman–Crippen LogP) is 2.35. The summed E-state index contributed by atoms with van der Waals surface area (Å²) < 4.78 is 14.2. The number of benzene rings is 1. The maximum absolute atomic E-state index is 14.2. The first-order chi connectivity index (χ1) is 14.7. The van der Waals surface area contributed by atoms with Crippen molar-refractivity contribution in [3.63, 3.8) is 0 Å². The first kappa shape index (κ1) is 19.6. The van der Waals surface area contributed by atoms with Crippen molar-refractivity contribution in [1.82, 2.24) is 5.06 Å². The molecule has 2 N–H and O–H groups in total. The van der Waals surface area contributed by atoms with E-state index in [-0.39, 0.29) is 46.2 Å². The van der Waals surface area contributed by atoms with E-state index < -0.39 is 47.1 Å². The van der Waals surface area contributed by atoms with Crippen LogP contribution >= 0.6 is 0 Å². The molecule has 1 saturated heterocycles. The van der Waals surface area contributed by atoms with Crippen LogP contribution in [0, 0.1) is 23.6 Å². The van der Waals surface area contributed by atoms with Crippen LogP contribution in [0.5, 0.6) is 5.75 Å². The number of halogens is 1. The number of hydrogen-bond acceptors (Lipinski definition) is 6. The molecule has 2 amide bonds. The number of phenolic OH excluding ortho intramolecular Hbond substituents is 1. The average Bonchev–Trinajstić information content (AvgIpc) is 2.97. The van der Waals surface area contributed by atoms with Gasteiger partial charge in [0.2, 0.25) is 0 Å². The van der Waals surface area contributed by atoms with E-state index in [1.54, 1.807) is 6.08 Å². The molecule has 158 valence electrons. The fourth-order valence-electron chi connectivity index (χ4n) is 5.45. The molecule has 1 heterocycles. The van der Waals surface area contributed by atoms with Crippen LogP contribution in [0.15, 0.2) is 52.6 Å². The number of aromatic hydroxyl groups is 1. The first-order valence-electron chi connectivity index (χ1n) is 9.96. The first-order valence-corrected chi connectivity index (χ1v) is 9.96. The highest BCUT2D eigenvalue weighted by Crippen LogP contribution is 2.54. The Balaban J connectivity index is 1.72. The molecule has 1 fully saturated rings. The summed E-state index contributed by atoms with van der Waals surface area (Å²) in [6.45, 7) is 1.54. The minimum Gasteiger partial charge on any atom is -0.505 e. The lowest BCUT2D eigenvalue weighted by atomic mass is 9.59. The fraction of sp³-hybridized carbons (Fsp3) is 0.304. The standard InChI is InChI=1S/C23H18FNO6/c1-9-6-17(27)20-14(21(9)28)8-13-11(18(20)10-2-5-16(26)15(24)7-10)3-4-12-19(13)23(30)25(31)22(12)29/h2-3,5-7,12-13,18-19,26,31H,4,8H2,1H3/t12-,13+,18-,19-/m0/s1. The van der Waals surface area contributed by atoms with Gasteiger partial charge in [0.1, 0.15) is 0 Å². The number of Topliss-reactive ketones (excluding diaryl/α,β-unsaturated/α-hetero) is 1. The second-order valence-corrected chi connectivity index (χ2v) is 8.43. The zero-order chi connectivity index (χ0) is 22.2. The quantitative estimate of drug-likeness (QED) is 0.310. The number of rotatable bonds is 1. The molecule has 5 rings (SSSR count). The Morgan fingerprint density at radius 1 is 1.10 bits per heavy atom. The topological polar surface area (TPSA) is 112 Å². The van der Waals surface area contributed by atoms with E-state index in [0.717, 1.165) is 6.07 Å². The monoisotopic (exact) mass is 423 g/mol. The summed E-state index contributed by atoms with van der Waals surface area (Å²) >= 11 is 0. The maximum Gasteiger partial charge on any atom is 0.257 e. The summed E-state index contributed by atoms with van der Waals surface area (Å²) in [7, 11) is 0. The van der Waals surface area contributed by atoms with Gasteiger partial charge in [-0.2, -0.15) is 5.06 Å². The van der Waals surface area contributed by atoms with Gasteiger partial charge in [-0.05, 0) is 49.5 Å². The van der Waals surface area contributed by atoms with E-state index >= 15 is 0 Å². The van der Waals surface area contributed by atoms with Gasteiger partial charge in [-0.25, -0.2) is 4.39 Å². The van der Waals surface area contributed by atoms with Crippen LogP contribution in [-0.2, 0) is 19.2 Å². The SMILES string of the molecule is CC1=CC(=O)C2=C(C[C@@H]3C(=CC[C@@H]4C(=O)N(O)C(=O)[C@@H]43)[C@@H]2c2ccc(O)c(F)c2)C1=O. The third kappa shape index (κ3) is 2.61. The minimum absolute atomic E-state index is 0.0853. The van der Waals surface area contributed by atoms with Gasteiger partial charge in [-0.1, -0.05) is 17.7 Å². The molecule has 0 saturated carbocycles. The second kappa shape index (κ2) is 6.55. The van der Waals surface area contributed by atoms with E-state index in [2.05, 4.69) is 0 Å². The van der Waals surface area contributed by atoms with Crippen molar-refractivity contribution in [1.29, 1.82) is 0 Å². The molecule has 0 unspecified atom stereocenters. The van der Waals surface area contributed by atoms with Gasteiger partial charge in [0.05, 0.1) is 11.8 Å². The van der Waals surface area contributed by atoms with E-state index in [4.69, 9.17) is 0 Å². The lowest BCUT2D eigenvalue weighted by Gasteiger charge is -2.42. The molecular weight excluding hydrogens is 405 g/mol. The lowest BCUT2D eigenvalue weighted by Crippen LogP contribution is -2.39. The zero-order valence-electron chi connectivity index (χ0n) is 16.5. The maximum atomic E-state index is 14.2. The molecule has 0 spiro atoms. The molecule has 1 aliphatic heterocycles. The highest BCUT2D eigenvalue weighted by molar-refractivity contribution is 6.23. The summed E-state index contributed by atoms with van der Waals surface area (Å²) in [6, 6.07) is 3.77. The van der Waals surface area contributed by atoms with Gasteiger partial charge in [0.15, 0.2) is 23.1 Å². The van der Waals surface area contributed by atoms with Crippen molar-refractivity contribution in [3.05, 3.63) is 64.0 Å². The Morgan fingerprint density at radius 2 is 1.84 bits per heavy atom. The number of ketones is 2. The number of allylic oxidation sites excluding steroid dienone is 6. The normalized spacial score (nSPS) is 30.1. The Morgan fingerprint density at radius 3 is 2.55 bits per heavy atom. The van der Waals surface area contributed by atoms with Crippen LogP contribution in [0.25, 0.3) is 0 Å². The number of carbonyl (C=O) groups is 4. The summed E-state index contributed by atoms with van der Waals surface area (Å²) in [4.78, 5) is 50.9. The van der Waals surface area contributed by atoms with Crippen LogP contribution in [0.3, 0.4) is 0 Å². The Labute approximate surface area is 176 Å². The molecule has 7 nitrogen and oxygen atoms in total. The van der Waals surface area contributed by atoms with E-state index in [9.17, 15) is 33.9 Å². The molecule has 1 aromatic carbocycles. The lowest BCUT2D eigenvalue weighted by molar-refractivity contribution is -0.173. The number of carbonyl (C=O) groups excluding carboxylic acids is 4. The van der Waals surface area contributed by atoms with Crippen molar-refractivity contribution >= 4 is 23.4 Å². The third-order valence-corrected chi connectivity index (χ3v) is 6.84. The van der Waals surface area contributed by atoms with Crippen LogP contribution in [-0.4, -0.2) is 38.8 Å². The molecule has 0 radical (unpaired) electrons. The summed E-state index contributed by atoms with van der Waals surface area (Å²) in [6.07, 6.45) is 3.30. The summed E-state index contributed by atoms with van der Waals surface area (Å²) in [5, 5.41) is 19.6. The largest absolute Gasteiger partial charge is 0.505 e. The van der Waals surface area contributed by atoms with Crippen molar-refractivity contribution in [2.45, 2.75) is 25.7 Å². The van der Waals surface area contributed by atoms with Gasteiger partial charge in [0, 0.05) is 22.6 Å². The molecule has 4 atom stereocenters. The number of nitrogens with zero attached hydrogens (tertiary/aromatic N) is 1. The van der Waals surface area contributed by atoms with Crippen LogP contribution in [0.1, 0.15) is 31.2 Å². The van der Waals surface area contributed by atoms with Gasteiger partial charge in [-0.3, -0.25) is 24.4 Å². The fourth-order valence-corrected chi connectivity index (χ4v) is 5.45. The van der Waals surface area contributed by atoms with Crippen molar-refractivity contribution in [2.24, 2.45) is 17.8 Å². The summed E-state index contributed by atoms with van der Waals surface area (Å²) in [5.74, 6) is -6.48. The molecule has 3 aliphatic carbocycles. The van der Waals surface area contributed by atoms with Crippen molar-refractivity contribution < 1.29 is 33.9 Å². The van der Waals surface area contributed by atoms with Gasteiger partial charge >= 0.3 is 0 Å². The molecule has 8 heteroatoms. The molecule has 31 heavy (non-hydrogen) atoms. The summed E-state index contributed by atoms with van der Waals surface area (Å²) in [5.41, 5.74) is 1.78. The highest BCUT2D eigenvalue weighted by atomic mass is 19.1. The van der Waals surface area contributed by atoms with E-state index in [0.29, 0.717) is 11.1 Å². The Hall–Kier alpha value is -3.39. The number of imide groups is 1. The van der Waals surface area contributed by atoms with E-state index in [1.165, 1.54) is 25.1 Å². The van der Waals surface area contributed by atoms with Gasteiger partial charge in [0.25, 0.3) is 11.8 Å². The number of fused-ring (bicyclic) bond motifs is 3. The minimum atomic E-state index is -0.869. The zero-order valence-corrected chi connectivity index (χ0v) is 16.5. The Kier molecular flexibility index (Phi) is 4.14. The molecular formula is C23H18FNO6. The number of hydroxylamine groups is 2. The van der Waals surface area contributed by atoms with Crippen molar-refractivity contribution in [3.8, 4) is 5.75 Å². The number of phenols is 1. The number of amides is 2. The molecule has 1 aromatic rings. The van der Waals surface area contributed by atoms with Crippen LogP contribution in [0.2, 0.25) is 0 Å².